The smallest absolute Gasteiger partial charge is 0.0934 e. The molecule has 2 aliphatic rings. The number of hydrogen-bond donors (Lipinski definition) is 1. The van der Waals surface area contributed by atoms with E-state index in [1.807, 2.05) is 11.3 Å². The van der Waals surface area contributed by atoms with E-state index in [1.165, 1.54) is 42.9 Å². The van der Waals surface area contributed by atoms with Gasteiger partial charge in [-0.25, -0.2) is 4.98 Å². The maximum Gasteiger partial charge on any atom is 0.0934 e. The van der Waals surface area contributed by atoms with Gasteiger partial charge in [0.25, 0.3) is 0 Å². The molecule has 1 N–H and O–H groups in total. The lowest BCUT2D eigenvalue weighted by Gasteiger charge is -2.30. The topological polar surface area (TPSA) is 24.9 Å². The van der Waals surface area contributed by atoms with Crippen molar-refractivity contribution in [2.75, 3.05) is 13.1 Å². The molecule has 3 heteroatoms. The number of aryl methyl sites for hydroxylation is 1. The molecule has 2 nitrogen and oxygen atoms in total. The number of rotatable bonds is 5. The highest BCUT2D eigenvalue weighted by Gasteiger charge is 2.53. The third-order valence-electron chi connectivity index (χ3n) is 4.40. The lowest BCUT2D eigenvalue weighted by molar-refractivity contribution is 0.250. The molecule has 1 aromatic rings. The number of thiazole rings is 1. The van der Waals surface area contributed by atoms with Crippen molar-refractivity contribution in [3.63, 3.8) is 0 Å². The summed E-state index contributed by atoms with van der Waals surface area (Å²) < 4.78 is 0. The van der Waals surface area contributed by atoms with Crippen molar-refractivity contribution < 1.29 is 0 Å². The van der Waals surface area contributed by atoms with Gasteiger partial charge in [0.05, 0.1) is 5.01 Å². The first kappa shape index (κ1) is 11.7. The Morgan fingerprint density at radius 1 is 1.47 bits per heavy atom. The van der Waals surface area contributed by atoms with Crippen LogP contribution in [0.5, 0.6) is 0 Å². The second-order valence-electron chi connectivity index (χ2n) is 6.00. The number of hydrogen-bond acceptors (Lipinski definition) is 3. The number of nitrogens with zero attached hydrogens (tertiary/aromatic N) is 1. The predicted molar refractivity (Wildman–Crippen MR) is 72.4 cm³/mol. The summed E-state index contributed by atoms with van der Waals surface area (Å²) >= 11 is 1.85. The van der Waals surface area contributed by atoms with Crippen molar-refractivity contribution in [2.24, 2.45) is 17.3 Å². The van der Waals surface area contributed by atoms with E-state index in [4.69, 9.17) is 0 Å². The fourth-order valence-corrected chi connectivity index (χ4v) is 4.50. The maximum atomic E-state index is 4.66. The van der Waals surface area contributed by atoms with Gasteiger partial charge >= 0.3 is 0 Å². The summed E-state index contributed by atoms with van der Waals surface area (Å²) in [6, 6.07) is 0. The van der Waals surface area contributed by atoms with Crippen LogP contribution in [0.15, 0.2) is 5.38 Å². The highest BCUT2D eigenvalue weighted by Crippen LogP contribution is 2.60. The van der Waals surface area contributed by atoms with Gasteiger partial charge in [0, 0.05) is 24.0 Å². The van der Waals surface area contributed by atoms with E-state index in [2.05, 4.69) is 29.5 Å². The van der Waals surface area contributed by atoms with Crippen LogP contribution in [0.2, 0.25) is 0 Å². The molecular weight excluding hydrogens is 228 g/mol. The quantitative estimate of drug-likeness (QED) is 0.869. The van der Waals surface area contributed by atoms with E-state index < -0.39 is 0 Å². The Morgan fingerprint density at radius 2 is 2.24 bits per heavy atom. The van der Waals surface area contributed by atoms with Gasteiger partial charge in [-0.05, 0) is 50.0 Å². The molecular formula is C14H22N2S. The molecule has 1 aromatic heterocycles. The Morgan fingerprint density at radius 3 is 2.82 bits per heavy atom. The van der Waals surface area contributed by atoms with Gasteiger partial charge in [-0.3, -0.25) is 0 Å². The predicted octanol–water partition coefficient (Wildman–Crippen LogP) is 3.02. The molecule has 0 aliphatic heterocycles. The van der Waals surface area contributed by atoms with Gasteiger partial charge in [0.2, 0.25) is 0 Å². The number of fused-ring (bicyclic) bond motifs is 1. The van der Waals surface area contributed by atoms with Crippen LogP contribution in [-0.4, -0.2) is 18.1 Å². The minimum absolute atomic E-state index is 0.522. The molecule has 2 unspecified atom stereocenters. The minimum atomic E-state index is 0.522. The van der Waals surface area contributed by atoms with E-state index in [0.29, 0.717) is 5.41 Å². The monoisotopic (exact) mass is 250 g/mol. The maximum absolute atomic E-state index is 4.66. The Bertz CT molecular complexity index is 389. The van der Waals surface area contributed by atoms with E-state index >= 15 is 0 Å². The molecule has 1 heterocycles. The van der Waals surface area contributed by atoms with Crippen LogP contribution in [0.1, 0.15) is 36.9 Å². The molecule has 3 rings (SSSR count). The van der Waals surface area contributed by atoms with Crippen LogP contribution in [0, 0.1) is 24.2 Å². The van der Waals surface area contributed by atoms with Crippen molar-refractivity contribution >= 4 is 11.3 Å². The normalized spacial score (nSPS) is 34.9. The third-order valence-corrected chi connectivity index (χ3v) is 5.37. The van der Waals surface area contributed by atoms with Crippen LogP contribution in [0.25, 0.3) is 0 Å². The first-order chi connectivity index (χ1) is 8.21. The van der Waals surface area contributed by atoms with Gasteiger partial charge in [0.15, 0.2) is 0 Å². The summed E-state index contributed by atoms with van der Waals surface area (Å²) in [7, 11) is 0. The largest absolute Gasteiger partial charge is 0.316 e. The summed E-state index contributed by atoms with van der Waals surface area (Å²) in [5.41, 5.74) is 1.71. The van der Waals surface area contributed by atoms with Crippen LogP contribution in [-0.2, 0) is 6.42 Å². The average molecular weight is 250 g/mol. The highest BCUT2D eigenvalue weighted by molar-refractivity contribution is 7.09. The second-order valence-corrected chi connectivity index (χ2v) is 6.95. The molecule has 2 atom stereocenters. The van der Waals surface area contributed by atoms with Crippen LogP contribution in [0.3, 0.4) is 0 Å². The van der Waals surface area contributed by atoms with Gasteiger partial charge in [0.1, 0.15) is 0 Å². The van der Waals surface area contributed by atoms with Crippen molar-refractivity contribution in [2.45, 2.75) is 39.5 Å². The Labute approximate surface area is 108 Å². The van der Waals surface area contributed by atoms with E-state index in [9.17, 15) is 0 Å². The summed E-state index contributed by atoms with van der Waals surface area (Å²) in [5, 5.41) is 7.11. The van der Waals surface area contributed by atoms with Gasteiger partial charge in [-0.2, -0.15) is 0 Å². The van der Waals surface area contributed by atoms with Crippen molar-refractivity contribution in [1.82, 2.24) is 10.3 Å². The number of nitrogens with one attached hydrogen (secondary N) is 1. The zero-order valence-corrected chi connectivity index (χ0v) is 11.6. The van der Waals surface area contributed by atoms with Crippen LogP contribution < -0.4 is 5.32 Å². The summed E-state index contributed by atoms with van der Waals surface area (Å²) in [6.45, 7) is 6.59. The highest BCUT2D eigenvalue weighted by atomic mass is 32.1. The van der Waals surface area contributed by atoms with Crippen LogP contribution >= 0.6 is 11.3 Å². The summed E-state index contributed by atoms with van der Waals surface area (Å²) in [5.74, 6) is 2.10. The Balaban J connectivity index is 1.70. The van der Waals surface area contributed by atoms with Crippen molar-refractivity contribution in [1.29, 1.82) is 0 Å². The standard InChI is InChI=1S/C14H22N2S/c1-3-15-9-14(5-11-4-12(11)6-14)7-13-16-10(2)8-17-13/h8,11-12,15H,3-7,9H2,1-2H3. The molecule has 2 aliphatic carbocycles. The molecule has 0 amide bonds. The molecule has 2 saturated carbocycles. The number of aromatic nitrogens is 1. The SMILES string of the molecule is CCNCC1(Cc2nc(C)cs2)CC2CC2C1. The summed E-state index contributed by atoms with van der Waals surface area (Å²) in [4.78, 5) is 4.66. The fraction of sp³-hybridized carbons (Fsp3) is 0.786. The Kier molecular flexibility index (Phi) is 2.99. The Hall–Kier alpha value is -0.410. The lowest BCUT2D eigenvalue weighted by Crippen LogP contribution is -2.35. The molecule has 0 saturated heterocycles. The average Bonchev–Trinajstić information content (AvgIpc) is 2.72. The van der Waals surface area contributed by atoms with Gasteiger partial charge in [-0.15, -0.1) is 11.3 Å². The van der Waals surface area contributed by atoms with Crippen LogP contribution in [0.4, 0.5) is 0 Å². The lowest BCUT2D eigenvalue weighted by atomic mass is 9.80. The van der Waals surface area contributed by atoms with E-state index in [1.54, 1.807) is 0 Å². The van der Waals surface area contributed by atoms with Gasteiger partial charge < -0.3 is 5.32 Å². The first-order valence-corrected chi connectivity index (χ1v) is 7.70. The fourth-order valence-electron chi connectivity index (χ4n) is 3.55. The molecule has 0 bridgehead atoms. The zero-order valence-electron chi connectivity index (χ0n) is 10.8. The molecule has 2 fully saturated rings. The first-order valence-electron chi connectivity index (χ1n) is 6.82. The molecule has 0 aromatic carbocycles. The zero-order chi connectivity index (χ0) is 11.9. The second kappa shape index (κ2) is 4.36. The third kappa shape index (κ3) is 2.41. The van der Waals surface area contributed by atoms with E-state index in [0.717, 1.165) is 18.4 Å². The van der Waals surface area contributed by atoms with Gasteiger partial charge in [-0.1, -0.05) is 6.92 Å². The summed E-state index contributed by atoms with van der Waals surface area (Å²) in [6.07, 6.45) is 5.57. The minimum Gasteiger partial charge on any atom is -0.316 e. The molecule has 0 radical (unpaired) electrons. The van der Waals surface area contributed by atoms with Crippen molar-refractivity contribution in [3.8, 4) is 0 Å². The molecule has 0 spiro atoms. The van der Waals surface area contributed by atoms with Crippen molar-refractivity contribution in [3.05, 3.63) is 16.1 Å². The van der Waals surface area contributed by atoms with E-state index in [-0.39, 0.29) is 0 Å². The molecule has 94 valence electrons. The molecule has 17 heavy (non-hydrogen) atoms.